The van der Waals surface area contributed by atoms with Gasteiger partial charge in [0.25, 0.3) is 0 Å². The van der Waals surface area contributed by atoms with Crippen molar-refractivity contribution < 1.29 is 4.79 Å². The van der Waals surface area contributed by atoms with Gasteiger partial charge in [0.2, 0.25) is 0 Å². The van der Waals surface area contributed by atoms with Crippen molar-refractivity contribution in [3.05, 3.63) is 35.9 Å². The number of nitrogens with zero attached hydrogens (tertiary/aromatic N) is 1. The van der Waals surface area contributed by atoms with Crippen molar-refractivity contribution in [1.82, 2.24) is 10.7 Å². The summed E-state index contributed by atoms with van der Waals surface area (Å²) in [4.78, 5) is 10.9. The average Bonchev–Trinajstić information content (AvgIpc) is 2.19. The topological polar surface area (TPSA) is 53.5 Å². The second kappa shape index (κ2) is 3.91. The van der Waals surface area contributed by atoms with Crippen molar-refractivity contribution in [2.45, 2.75) is 12.5 Å². The summed E-state index contributed by atoms with van der Waals surface area (Å²) in [5, 5.41) is 6.51. The lowest BCUT2D eigenvalue weighted by Gasteiger charge is -2.17. The third-order valence-electron chi connectivity index (χ3n) is 2.04. The Labute approximate surface area is 82.0 Å². The molecule has 2 N–H and O–H groups in total. The minimum atomic E-state index is -0.242. The number of carbonyl (C=O) groups is 1. The Balaban J connectivity index is 2.01. The summed E-state index contributed by atoms with van der Waals surface area (Å²) >= 11 is 0. The third kappa shape index (κ3) is 2.10. The summed E-state index contributed by atoms with van der Waals surface area (Å²) < 4.78 is 0. The molecular formula is C10H11N3O. The second-order valence-corrected chi connectivity index (χ2v) is 3.16. The number of benzene rings is 1. The maximum absolute atomic E-state index is 10.9. The first-order valence-corrected chi connectivity index (χ1v) is 4.48. The van der Waals surface area contributed by atoms with Crippen LogP contribution in [0.3, 0.4) is 0 Å². The van der Waals surface area contributed by atoms with E-state index < -0.39 is 0 Å². The van der Waals surface area contributed by atoms with Gasteiger partial charge in [0.05, 0.1) is 6.04 Å². The maximum atomic E-state index is 10.9. The zero-order valence-corrected chi connectivity index (χ0v) is 7.60. The summed E-state index contributed by atoms with van der Waals surface area (Å²) in [6.07, 6.45) is 2.48. The minimum absolute atomic E-state index is 0.00819. The fourth-order valence-corrected chi connectivity index (χ4v) is 1.40. The van der Waals surface area contributed by atoms with Crippen LogP contribution in [0, 0.1) is 0 Å². The van der Waals surface area contributed by atoms with E-state index in [1.54, 1.807) is 6.21 Å². The van der Waals surface area contributed by atoms with Crippen LogP contribution in [0.2, 0.25) is 0 Å². The van der Waals surface area contributed by atoms with Crippen molar-refractivity contribution >= 4 is 12.2 Å². The molecule has 1 aliphatic heterocycles. The Morgan fingerprint density at radius 1 is 1.29 bits per heavy atom. The first-order chi connectivity index (χ1) is 6.84. The number of nitrogens with one attached hydrogen (secondary N) is 2. The van der Waals surface area contributed by atoms with Crippen LogP contribution in [0.5, 0.6) is 0 Å². The van der Waals surface area contributed by atoms with E-state index in [2.05, 4.69) is 15.8 Å². The fourth-order valence-electron chi connectivity index (χ4n) is 1.40. The lowest BCUT2D eigenvalue weighted by atomic mass is 10.1. The van der Waals surface area contributed by atoms with Crippen LogP contribution in [0.4, 0.5) is 4.79 Å². The van der Waals surface area contributed by atoms with Gasteiger partial charge in [-0.25, -0.2) is 10.2 Å². The number of hydrogen-bond donors (Lipinski definition) is 2. The van der Waals surface area contributed by atoms with E-state index in [9.17, 15) is 4.79 Å². The summed E-state index contributed by atoms with van der Waals surface area (Å²) in [5.74, 6) is 0. The van der Waals surface area contributed by atoms with E-state index in [0.717, 1.165) is 6.42 Å². The van der Waals surface area contributed by atoms with Crippen molar-refractivity contribution in [3.63, 3.8) is 0 Å². The highest BCUT2D eigenvalue weighted by Crippen LogP contribution is 2.02. The van der Waals surface area contributed by atoms with Crippen LogP contribution in [0.25, 0.3) is 0 Å². The lowest BCUT2D eigenvalue weighted by molar-refractivity contribution is 0.238. The molecule has 1 aromatic carbocycles. The first kappa shape index (κ1) is 8.74. The molecule has 0 aromatic heterocycles. The molecule has 1 atom stereocenters. The molecule has 14 heavy (non-hydrogen) atoms. The van der Waals surface area contributed by atoms with E-state index in [0.29, 0.717) is 0 Å². The van der Waals surface area contributed by atoms with Gasteiger partial charge in [0, 0.05) is 6.21 Å². The van der Waals surface area contributed by atoms with E-state index in [1.807, 2.05) is 30.3 Å². The standard InChI is InChI=1S/C10H11N3O/c14-10-12-9(7-11-13-10)6-8-4-2-1-3-5-8/h1-5,7,9H,6H2,(H2,12,13,14). The van der Waals surface area contributed by atoms with E-state index in [4.69, 9.17) is 0 Å². The largest absolute Gasteiger partial charge is 0.335 e. The first-order valence-electron chi connectivity index (χ1n) is 4.48. The molecule has 0 saturated heterocycles. The molecule has 0 spiro atoms. The van der Waals surface area contributed by atoms with Crippen molar-refractivity contribution in [2.75, 3.05) is 0 Å². The van der Waals surface area contributed by atoms with Gasteiger partial charge in [-0.3, -0.25) is 0 Å². The van der Waals surface area contributed by atoms with E-state index in [-0.39, 0.29) is 12.1 Å². The smallest absolute Gasteiger partial charge is 0.329 e. The molecule has 2 rings (SSSR count). The quantitative estimate of drug-likeness (QED) is 0.713. The molecule has 2 amide bonds. The van der Waals surface area contributed by atoms with Gasteiger partial charge in [0.15, 0.2) is 0 Å². The lowest BCUT2D eigenvalue weighted by Crippen LogP contribution is -2.46. The molecule has 4 heteroatoms. The van der Waals surface area contributed by atoms with Gasteiger partial charge in [-0.05, 0) is 12.0 Å². The van der Waals surface area contributed by atoms with Gasteiger partial charge >= 0.3 is 6.03 Å². The molecule has 0 radical (unpaired) electrons. The SMILES string of the molecule is O=C1NN=CC(Cc2ccccc2)N1. The van der Waals surface area contributed by atoms with Gasteiger partial charge < -0.3 is 5.32 Å². The number of urea groups is 1. The highest BCUT2D eigenvalue weighted by molar-refractivity contribution is 5.83. The van der Waals surface area contributed by atoms with Gasteiger partial charge in [0.1, 0.15) is 0 Å². The Hall–Kier alpha value is -1.84. The zero-order chi connectivity index (χ0) is 9.80. The molecule has 1 unspecified atom stereocenters. The summed E-state index contributed by atoms with van der Waals surface area (Å²) in [5.41, 5.74) is 3.50. The highest BCUT2D eigenvalue weighted by Gasteiger charge is 2.13. The number of carbonyl (C=O) groups excluding carboxylic acids is 1. The Bertz CT molecular complexity index is 348. The molecule has 72 valence electrons. The predicted octanol–water partition coefficient (Wildman–Crippen LogP) is 0.896. The minimum Gasteiger partial charge on any atom is -0.329 e. The molecular weight excluding hydrogens is 178 g/mol. The van der Waals surface area contributed by atoms with Gasteiger partial charge in [-0.15, -0.1) is 0 Å². The summed E-state index contributed by atoms with van der Waals surface area (Å²) in [7, 11) is 0. The average molecular weight is 189 g/mol. The monoisotopic (exact) mass is 189 g/mol. The molecule has 1 heterocycles. The van der Waals surface area contributed by atoms with Gasteiger partial charge in [-0.2, -0.15) is 5.10 Å². The van der Waals surface area contributed by atoms with Crippen LogP contribution in [0.15, 0.2) is 35.4 Å². The zero-order valence-electron chi connectivity index (χ0n) is 7.60. The highest BCUT2D eigenvalue weighted by atomic mass is 16.2. The van der Waals surface area contributed by atoms with Crippen LogP contribution in [-0.2, 0) is 6.42 Å². The molecule has 0 saturated carbocycles. The molecule has 1 aromatic rings. The van der Waals surface area contributed by atoms with Crippen LogP contribution < -0.4 is 10.7 Å². The maximum Gasteiger partial charge on any atom is 0.335 e. The number of rotatable bonds is 2. The van der Waals surface area contributed by atoms with E-state index >= 15 is 0 Å². The van der Waals surface area contributed by atoms with E-state index in [1.165, 1.54) is 5.56 Å². The van der Waals surface area contributed by atoms with Crippen LogP contribution in [0.1, 0.15) is 5.56 Å². The van der Waals surface area contributed by atoms with Crippen LogP contribution >= 0.6 is 0 Å². The van der Waals surface area contributed by atoms with Crippen LogP contribution in [-0.4, -0.2) is 18.3 Å². The Morgan fingerprint density at radius 3 is 2.79 bits per heavy atom. The second-order valence-electron chi connectivity index (χ2n) is 3.16. The summed E-state index contributed by atoms with van der Waals surface area (Å²) in [6, 6.07) is 9.74. The van der Waals surface area contributed by atoms with Crippen molar-refractivity contribution in [1.29, 1.82) is 0 Å². The molecule has 1 aliphatic rings. The third-order valence-corrected chi connectivity index (χ3v) is 2.04. The normalized spacial score (nSPS) is 20.0. The Morgan fingerprint density at radius 2 is 2.07 bits per heavy atom. The molecule has 0 fully saturated rings. The van der Waals surface area contributed by atoms with Gasteiger partial charge in [-0.1, -0.05) is 30.3 Å². The van der Waals surface area contributed by atoms with Crippen molar-refractivity contribution in [3.8, 4) is 0 Å². The number of hydrazone groups is 1. The fraction of sp³-hybridized carbons (Fsp3) is 0.200. The predicted molar refractivity (Wildman–Crippen MR) is 54.1 cm³/mol. The Kier molecular flexibility index (Phi) is 2.44. The van der Waals surface area contributed by atoms with Crippen molar-refractivity contribution in [2.24, 2.45) is 5.10 Å². The molecule has 4 nitrogen and oxygen atoms in total. The number of hydrogen-bond acceptors (Lipinski definition) is 2. The summed E-state index contributed by atoms with van der Waals surface area (Å²) in [6.45, 7) is 0. The molecule has 0 aliphatic carbocycles. The molecule has 0 bridgehead atoms. The number of amides is 2.